The molecule has 0 aliphatic carbocycles. The van der Waals surface area contributed by atoms with E-state index in [2.05, 4.69) is 31.9 Å². The molecule has 2 aromatic rings. The van der Waals surface area contributed by atoms with Crippen LogP contribution in [0.25, 0.3) is 0 Å². The monoisotopic (exact) mass is 413 g/mol. The Balaban J connectivity index is 2.23. The van der Waals surface area contributed by atoms with Gasteiger partial charge in [0.15, 0.2) is 11.5 Å². The van der Waals surface area contributed by atoms with E-state index in [1.165, 1.54) is 0 Å². The van der Waals surface area contributed by atoms with Crippen LogP contribution in [-0.4, -0.2) is 14.2 Å². The standard InChI is InChI=1S/C16H17Br2NO2/c1-20-15-6-3-10(8-16(15)21-2)7-14(19)12-9-11(17)4-5-13(12)18/h3-6,8-9,14H,7,19H2,1-2H3. The normalized spacial score (nSPS) is 12.0. The molecule has 0 bridgehead atoms. The maximum absolute atomic E-state index is 6.34. The molecule has 0 heterocycles. The lowest BCUT2D eigenvalue weighted by atomic mass is 9.99. The molecule has 2 N–H and O–H groups in total. The van der Waals surface area contributed by atoms with Gasteiger partial charge in [0, 0.05) is 15.0 Å². The first-order valence-electron chi connectivity index (χ1n) is 6.46. The number of rotatable bonds is 5. The molecule has 3 nitrogen and oxygen atoms in total. The first-order chi connectivity index (χ1) is 10.0. The molecule has 112 valence electrons. The van der Waals surface area contributed by atoms with Gasteiger partial charge in [0.1, 0.15) is 0 Å². The molecule has 2 rings (SSSR count). The van der Waals surface area contributed by atoms with Gasteiger partial charge >= 0.3 is 0 Å². The summed E-state index contributed by atoms with van der Waals surface area (Å²) in [6, 6.07) is 11.8. The summed E-state index contributed by atoms with van der Waals surface area (Å²) >= 11 is 7.03. The van der Waals surface area contributed by atoms with Gasteiger partial charge in [-0.3, -0.25) is 0 Å². The molecule has 0 saturated carbocycles. The van der Waals surface area contributed by atoms with Crippen molar-refractivity contribution >= 4 is 31.9 Å². The Morgan fingerprint density at radius 3 is 2.38 bits per heavy atom. The highest BCUT2D eigenvalue weighted by Crippen LogP contribution is 2.31. The molecule has 5 heteroatoms. The van der Waals surface area contributed by atoms with Gasteiger partial charge in [-0.25, -0.2) is 0 Å². The van der Waals surface area contributed by atoms with Gasteiger partial charge in [0.25, 0.3) is 0 Å². The van der Waals surface area contributed by atoms with Crippen molar-refractivity contribution < 1.29 is 9.47 Å². The van der Waals surface area contributed by atoms with E-state index in [4.69, 9.17) is 15.2 Å². The molecule has 0 saturated heterocycles. The lowest BCUT2D eigenvalue weighted by Crippen LogP contribution is -2.14. The zero-order valence-electron chi connectivity index (χ0n) is 11.9. The molecule has 1 unspecified atom stereocenters. The van der Waals surface area contributed by atoms with Gasteiger partial charge in [-0.05, 0) is 47.9 Å². The average molecular weight is 415 g/mol. The molecular formula is C16H17Br2NO2. The summed E-state index contributed by atoms with van der Waals surface area (Å²) in [7, 11) is 3.26. The smallest absolute Gasteiger partial charge is 0.160 e. The fourth-order valence-corrected chi connectivity index (χ4v) is 3.09. The number of halogens is 2. The van der Waals surface area contributed by atoms with Crippen molar-refractivity contribution in [1.29, 1.82) is 0 Å². The van der Waals surface area contributed by atoms with Crippen molar-refractivity contribution in [2.45, 2.75) is 12.5 Å². The van der Waals surface area contributed by atoms with E-state index in [1.54, 1.807) is 14.2 Å². The van der Waals surface area contributed by atoms with Crippen LogP contribution in [0.4, 0.5) is 0 Å². The molecule has 0 fully saturated rings. The van der Waals surface area contributed by atoms with Crippen LogP contribution in [-0.2, 0) is 6.42 Å². The maximum Gasteiger partial charge on any atom is 0.160 e. The molecule has 1 atom stereocenters. The first-order valence-corrected chi connectivity index (χ1v) is 8.05. The third-order valence-electron chi connectivity index (χ3n) is 3.26. The van der Waals surface area contributed by atoms with Crippen molar-refractivity contribution in [2.75, 3.05) is 14.2 Å². The van der Waals surface area contributed by atoms with Gasteiger partial charge in [0.2, 0.25) is 0 Å². The van der Waals surface area contributed by atoms with Gasteiger partial charge in [-0.1, -0.05) is 37.9 Å². The minimum Gasteiger partial charge on any atom is -0.493 e. The van der Waals surface area contributed by atoms with Crippen molar-refractivity contribution in [2.24, 2.45) is 5.73 Å². The highest BCUT2D eigenvalue weighted by molar-refractivity contribution is 9.11. The number of nitrogens with two attached hydrogens (primary N) is 1. The van der Waals surface area contributed by atoms with Crippen molar-refractivity contribution in [3.05, 3.63) is 56.5 Å². The Hall–Kier alpha value is -1.04. The summed E-state index contributed by atoms with van der Waals surface area (Å²) in [5.74, 6) is 1.44. The Morgan fingerprint density at radius 2 is 1.71 bits per heavy atom. The van der Waals surface area contributed by atoms with E-state index in [1.807, 2.05) is 36.4 Å². The van der Waals surface area contributed by atoms with Crippen LogP contribution in [0.2, 0.25) is 0 Å². The molecule has 2 aromatic carbocycles. The van der Waals surface area contributed by atoms with E-state index in [9.17, 15) is 0 Å². The molecule has 0 amide bonds. The summed E-state index contributed by atoms with van der Waals surface area (Å²) in [5, 5.41) is 0. The highest BCUT2D eigenvalue weighted by Gasteiger charge is 2.13. The Bertz CT molecular complexity index is 632. The number of methoxy groups -OCH3 is 2. The Morgan fingerprint density at radius 1 is 1.00 bits per heavy atom. The van der Waals surface area contributed by atoms with Gasteiger partial charge in [-0.2, -0.15) is 0 Å². The molecule has 21 heavy (non-hydrogen) atoms. The molecule has 0 radical (unpaired) electrons. The van der Waals surface area contributed by atoms with Crippen LogP contribution in [0.1, 0.15) is 17.2 Å². The van der Waals surface area contributed by atoms with Gasteiger partial charge < -0.3 is 15.2 Å². The van der Waals surface area contributed by atoms with Gasteiger partial charge in [-0.15, -0.1) is 0 Å². The minimum atomic E-state index is -0.102. The second kappa shape index (κ2) is 7.29. The zero-order valence-corrected chi connectivity index (χ0v) is 15.1. The molecular weight excluding hydrogens is 398 g/mol. The Kier molecular flexibility index (Phi) is 5.67. The topological polar surface area (TPSA) is 44.5 Å². The van der Waals surface area contributed by atoms with Crippen LogP contribution >= 0.6 is 31.9 Å². The lowest BCUT2D eigenvalue weighted by Gasteiger charge is -2.16. The van der Waals surface area contributed by atoms with E-state index in [0.717, 1.165) is 38.0 Å². The average Bonchev–Trinajstić information content (AvgIpc) is 2.49. The first kappa shape index (κ1) is 16.3. The number of ether oxygens (including phenoxy) is 2. The minimum absolute atomic E-state index is 0.102. The van der Waals surface area contributed by atoms with E-state index in [0.29, 0.717) is 0 Å². The summed E-state index contributed by atoms with van der Waals surface area (Å²) in [6.45, 7) is 0. The molecule has 0 aliphatic heterocycles. The molecule has 0 aliphatic rings. The van der Waals surface area contributed by atoms with Crippen LogP contribution in [0.15, 0.2) is 45.3 Å². The van der Waals surface area contributed by atoms with Crippen molar-refractivity contribution in [3.8, 4) is 11.5 Å². The largest absolute Gasteiger partial charge is 0.493 e. The molecule has 0 aromatic heterocycles. The Labute approximate surface area is 141 Å². The third kappa shape index (κ3) is 3.99. The van der Waals surface area contributed by atoms with Crippen LogP contribution < -0.4 is 15.2 Å². The predicted octanol–water partition coefficient (Wildman–Crippen LogP) is 4.47. The van der Waals surface area contributed by atoms with Crippen molar-refractivity contribution in [3.63, 3.8) is 0 Å². The SMILES string of the molecule is COc1ccc(CC(N)c2cc(Br)ccc2Br)cc1OC. The summed E-state index contributed by atoms with van der Waals surface area (Å²) in [5.41, 5.74) is 8.51. The van der Waals surface area contributed by atoms with E-state index in [-0.39, 0.29) is 6.04 Å². The number of hydrogen-bond donors (Lipinski definition) is 1. The summed E-state index contributed by atoms with van der Waals surface area (Å²) < 4.78 is 12.6. The quantitative estimate of drug-likeness (QED) is 0.784. The lowest BCUT2D eigenvalue weighted by molar-refractivity contribution is 0.354. The maximum atomic E-state index is 6.34. The second-order valence-corrected chi connectivity index (χ2v) is 6.44. The fourth-order valence-electron chi connectivity index (χ4n) is 2.17. The van der Waals surface area contributed by atoms with Crippen molar-refractivity contribution in [1.82, 2.24) is 0 Å². The highest BCUT2D eigenvalue weighted by atomic mass is 79.9. The van der Waals surface area contributed by atoms with Crippen LogP contribution in [0.3, 0.4) is 0 Å². The summed E-state index contributed by atoms with van der Waals surface area (Å²) in [6.07, 6.45) is 0.718. The van der Waals surface area contributed by atoms with E-state index >= 15 is 0 Å². The van der Waals surface area contributed by atoms with Crippen LogP contribution in [0, 0.1) is 0 Å². The predicted molar refractivity (Wildman–Crippen MR) is 92.0 cm³/mol. The fraction of sp³-hybridized carbons (Fsp3) is 0.250. The zero-order chi connectivity index (χ0) is 15.4. The number of hydrogen-bond acceptors (Lipinski definition) is 3. The summed E-state index contributed by atoms with van der Waals surface area (Å²) in [4.78, 5) is 0. The molecule has 0 spiro atoms. The van der Waals surface area contributed by atoms with E-state index < -0.39 is 0 Å². The second-order valence-electron chi connectivity index (χ2n) is 4.67. The number of benzene rings is 2. The third-order valence-corrected chi connectivity index (χ3v) is 4.48. The van der Waals surface area contributed by atoms with Gasteiger partial charge in [0.05, 0.1) is 14.2 Å². The van der Waals surface area contributed by atoms with Crippen LogP contribution in [0.5, 0.6) is 11.5 Å².